The van der Waals surface area contributed by atoms with Crippen molar-refractivity contribution in [2.75, 3.05) is 46.9 Å². The van der Waals surface area contributed by atoms with Crippen molar-refractivity contribution < 1.29 is 11.0 Å². The molecule has 0 aromatic rings. The van der Waals surface area contributed by atoms with Crippen LogP contribution in [-0.2, 0) is 9.53 Å². The largest absolute Gasteiger partial charge is 0.481 e. The van der Waals surface area contributed by atoms with Gasteiger partial charge in [-0.25, -0.2) is 4.99 Å². The summed E-state index contributed by atoms with van der Waals surface area (Å²) in [5.41, 5.74) is 10.1. The molecule has 2 aliphatic carbocycles. The highest BCUT2D eigenvalue weighted by Gasteiger charge is 2.43. The van der Waals surface area contributed by atoms with Crippen LogP contribution in [0.1, 0.15) is 34.5 Å². The molecule has 0 unspecified atom stereocenters. The van der Waals surface area contributed by atoms with E-state index in [-0.39, 0.29) is 19.1 Å². The van der Waals surface area contributed by atoms with Gasteiger partial charge in [0.2, 0.25) is 5.88 Å². The lowest BCUT2D eigenvalue weighted by atomic mass is 9.88. The number of aliphatic imine (C=N–C) groups is 2. The van der Waals surface area contributed by atoms with Crippen LogP contribution in [0.15, 0.2) is 56.9 Å². The number of amides is 1. The predicted molar refractivity (Wildman–Crippen MR) is 133 cm³/mol. The summed E-state index contributed by atoms with van der Waals surface area (Å²) in [6.07, 6.45) is 8.12. The average molecular weight is 442 g/mol. The number of piperazine rings is 1. The Hall–Kier alpha value is -2.51. The maximum Gasteiger partial charge on any atom is 0.251 e. The first-order valence-corrected chi connectivity index (χ1v) is 11.5. The van der Waals surface area contributed by atoms with Gasteiger partial charge in [0.15, 0.2) is 0 Å². The van der Waals surface area contributed by atoms with Gasteiger partial charge in [-0.1, -0.05) is 12.7 Å². The molecule has 1 saturated carbocycles. The van der Waals surface area contributed by atoms with Gasteiger partial charge in [0.05, 0.1) is 7.11 Å². The molecule has 1 aliphatic heterocycles. The second-order valence-corrected chi connectivity index (χ2v) is 8.98. The topological polar surface area (TPSA) is 83.5 Å². The minimum absolute atomic E-state index is 0. The van der Waals surface area contributed by atoms with E-state index in [9.17, 15) is 4.79 Å². The van der Waals surface area contributed by atoms with Crippen molar-refractivity contribution >= 4 is 18.0 Å². The van der Waals surface area contributed by atoms with Gasteiger partial charge in [0, 0.05) is 51.9 Å². The smallest absolute Gasteiger partial charge is 0.251 e. The standard InChI is InChI=1S/C25H37N5O2.H2/c1-6-27-25(32-5)18(3)19-8-7-17(2)20(13-19)15-23(26)28-24(31)22-14-21(22)16-30-11-9-29(4)10-12-30;/h6,13,15,21-22H,2,7-12,14,16H2,1,3-5H3,(H2,26,28,31);1H/b20-15-,25-18-,27-6-;/t21-,22+;/m1./s1. The van der Waals surface area contributed by atoms with E-state index in [1.165, 1.54) is 0 Å². The van der Waals surface area contributed by atoms with Crippen molar-refractivity contribution in [1.29, 1.82) is 0 Å². The van der Waals surface area contributed by atoms with Crippen LogP contribution in [-0.4, -0.2) is 74.6 Å². The Morgan fingerprint density at radius 3 is 2.72 bits per heavy atom. The number of ether oxygens (including phenoxy) is 1. The van der Waals surface area contributed by atoms with Crippen molar-refractivity contribution in [3.63, 3.8) is 0 Å². The number of likely N-dealkylation sites (N-methyl/N-ethyl adjacent to an activating group) is 1. The van der Waals surface area contributed by atoms with Crippen molar-refractivity contribution in [3.05, 3.63) is 46.9 Å². The number of carbonyl (C=O) groups is 1. The zero-order valence-electron chi connectivity index (χ0n) is 19.9. The van der Waals surface area contributed by atoms with Crippen LogP contribution in [0, 0.1) is 11.8 Å². The summed E-state index contributed by atoms with van der Waals surface area (Å²) in [6.45, 7) is 13.3. The van der Waals surface area contributed by atoms with Crippen molar-refractivity contribution in [2.24, 2.45) is 27.6 Å². The molecule has 176 valence electrons. The Kier molecular flexibility index (Phi) is 8.21. The second kappa shape index (κ2) is 10.9. The van der Waals surface area contributed by atoms with Gasteiger partial charge in [0.25, 0.3) is 5.91 Å². The molecule has 32 heavy (non-hydrogen) atoms. The van der Waals surface area contributed by atoms with Crippen molar-refractivity contribution in [2.45, 2.75) is 33.1 Å². The second-order valence-electron chi connectivity index (χ2n) is 8.98. The Balaban J connectivity index is 0.00000385. The highest BCUT2D eigenvalue weighted by Crippen LogP contribution is 2.40. The molecule has 0 aromatic carbocycles. The number of hydrogen-bond donors (Lipinski definition) is 1. The maximum absolute atomic E-state index is 12.6. The highest BCUT2D eigenvalue weighted by molar-refractivity contribution is 6.02. The van der Waals surface area contributed by atoms with Crippen LogP contribution >= 0.6 is 0 Å². The molecule has 0 spiro atoms. The first kappa shape index (κ1) is 24.1. The molecule has 7 heteroatoms. The molecule has 0 aromatic heterocycles. The van der Waals surface area contributed by atoms with E-state index >= 15 is 0 Å². The fourth-order valence-electron chi connectivity index (χ4n) is 4.30. The molecule has 1 amide bonds. The minimum Gasteiger partial charge on any atom is -0.481 e. The van der Waals surface area contributed by atoms with Gasteiger partial charge in [-0.2, -0.15) is 4.99 Å². The lowest BCUT2D eigenvalue weighted by molar-refractivity contribution is -0.119. The van der Waals surface area contributed by atoms with Crippen LogP contribution in [0.5, 0.6) is 0 Å². The maximum atomic E-state index is 12.6. The van der Waals surface area contributed by atoms with E-state index in [0.29, 0.717) is 11.8 Å². The van der Waals surface area contributed by atoms with Crippen LogP contribution in [0.25, 0.3) is 0 Å². The first-order chi connectivity index (χ1) is 15.3. The normalized spacial score (nSPS) is 27.5. The Morgan fingerprint density at radius 2 is 2.06 bits per heavy atom. The molecule has 3 rings (SSSR count). The van der Waals surface area contributed by atoms with E-state index < -0.39 is 0 Å². The number of amidine groups is 1. The van der Waals surface area contributed by atoms with Crippen molar-refractivity contribution in [1.82, 2.24) is 9.80 Å². The number of nitrogens with zero attached hydrogens (tertiary/aromatic N) is 4. The number of methoxy groups -OCH3 is 1. The van der Waals surface area contributed by atoms with Crippen LogP contribution in [0.2, 0.25) is 0 Å². The third-order valence-corrected chi connectivity index (χ3v) is 6.55. The monoisotopic (exact) mass is 441 g/mol. The summed E-state index contributed by atoms with van der Waals surface area (Å²) in [5, 5.41) is 0. The fourth-order valence-corrected chi connectivity index (χ4v) is 4.30. The molecular formula is C25H39N5O2. The van der Waals surface area contributed by atoms with Gasteiger partial charge in [-0.05, 0) is 68.9 Å². The van der Waals surface area contributed by atoms with E-state index in [1.54, 1.807) is 19.4 Å². The molecule has 1 saturated heterocycles. The number of nitrogens with two attached hydrogens (primary N) is 1. The fraction of sp³-hybridized carbons (Fsp3) is 0.560. The van der Waals surface area contributed by atoms with Gasteiger partial charge < -0.3 is 20.3 Å². The van der Waals surface area contributed by atoms with Crippen LogP contribution in [0.4, 0.5) is 0 Å². The SMILES string of the molecule is C=C1CCC(C(/C)=C(/N=C\C)OC)=C/C1=C/C(N)=NC(=O)[C@H]1C[C@@H]1CN1CCN(C)CC1.[HH]. The van der Waals surface area contributed by atoms with E-state index in [1.807, 2.05) is 19.9 Å². The van der Waals surface area contributed by atoms with Gasteiger partial charge in [-0.15, -0.1) is 0 Å². The Labute approximate surface area is 193 Å². The zero-order valence-corrected chi connectivity index (χ0v) is 19.9. The van der Waals surface area contributed by atoms with E-state index in [4.69, 9.17) is 10.5 Å². The molecule has 0 bridgehead atoms. The summed E-state index contributed by atoms with van der Waals surface area (Å²) in [7, 11) is 3.77. The average Bonchev–Trinajstić information content (AvgIpc) is 3.54. The Morgan fingerprint density at radius 1 is 1.34 bits per heavy atom. The summed E-state index contributed by atoms with van der Waals surface area (Å²) in [5.74, 6) is 1.16. The number of carbonyl (C=O) groups excluding carboxylic acids is 1. The third kappa shape index (κ3) is 6.26. The predicted octanol–water partition coefficient (Wildman–Crippen LogP) is 3.17. The number of hydrogen-bond acceptors (Lipinski definition) is 5. The molecule has 2 fully saturated rings. The Bertz CT molecular complexity index is 894. The highest BCUT2D eigenvalue weighted by atomic mass is 16.5. The number of rotatable bonds is 7. The van der Waals surface area contributed by atoms with Gasteiger partial charge >= 0.3 is 0 Å². The van der Waals surface area contributed by atoms with Gasteiger partial charge in [-0.3, -0.25) is 4.79 Å². The van der Waals surface area contributed by atoms with Crippen LogP contribution < -0.4 is 5.73 Å². The third-order valence-electron chi connectivity index (χ3n) is 6.55. The zero-order chi connectivity index (χ0) is 23.3. The quantitative estimate of drug-likeness (QED) is 0.373. The molecule has 1 heterocycles. The first-order valence-electron chi connectivity index (χ1n) is 11.5. The summed E-state index contributed by atoms with van der Waals surface area (Å²) in [4.78, 5) is 25.9. The molecule has 3 aliphatic rings. The molecular weight excluding hydrogens is 402 g/mol. The van der Waals surface area contributed by atoms with E-state index in [2.05, 4.69) is 33.4 Å². The van der Waals surface area contributed by atoms with Crippen LogP contribution in [0.3, 0.4) is 0 Å². The summed E-state index contributed by atoms with van der Waals surface area (Å²) < 4.78 is 5.40. The van der Waals surface area contributed by atoms with Crippen molar-refractivity contribution in [3.8, 4) is 0 Å². The number of allylic oxidation sites excluding steroid dienone is 5. The molecule has 2 atom stereocenters. The molecule has 7 nitrogen and oxygen atoms in total. The summed E-state index contributed by atoms with van der Waals surface area (Å²) in [6, 6.07) is 0. The van der Waals surface area contributed by atoms with Gasteiger partial charge in [0.1, 0.15) is 5.84 Å². The summed E-state index contributed by atoms with van der Waals surface area (Å²) >= 11 is 0. The molecule has 0 radical (unpaired) electrons. The lowest BCUT2D eigenvalue weighted by Crippen LogP contribution is -2.45. The molecule has 2 N–H and O–H groups in total. The minimum atomic E-state index is -0.0980. The lowest BCUT2D eigenvalue weighted by Gasteiger charge is -2.32. The van der Waals surface area contributed by atoms with E-state index in [0.717, 1.165) is 74.3 Å².